The van der Waals surface area contributed by atoms with Crippen molar-refractivity contribution in [1.82, 2.24) is 34.5 Å². The minimum Gasteiger partial charge on any atom is -0.346 e. The van der Waals surface area contributed by atoms with Crippen molar-refractivity contribution < 1.29 is 22.4 Å². The second-order valence-electron chi connectivity index (χ2n) is 11.0. The first-order chi connectivity index (χ1) is 20.6. The number of pyridine rings is 2. The zero-order chi connectivity index (χ0) is 30.4. The van der Waals surface area contributed by atoms with Crippen molar-refractivity contribution in [1.29, 1.82) is 5.26 Å². The number of fused-ring (bicyclic) bond motifs is 1. The number of halogens is 4. The summed E-state index contributed by atoms with van der Waals surface area (Å²) in [6, 6.07) is 4.73. The molecule has 10 nitrogen and oxygen atoms in total. The number of aliphatic imine (C=N–C) groups is 1. The van der Waals surface area contributed by atoms with E-state index in [2.05, 4.69) is 37.6 Å². The van der Waals surface area contributed by atoms with Gasteiger partial charge in [0.1, 0.15) is 17.4 Å². The monoisotopic (exact) mass is 593 g/mol. The lowest BCUT2D eigenvalue weighted by molar-refractivity contribution is -0.141. The molecule has 0 aromatic carbocycles. The third-order valence-electron chi connectivity index (χ3n) is 8.44. The Labute approximate surface area is 243 Å². The predicted molar refractivity (Wildman–Crippen MR) is 149 cm³/mol. The van der Waals surface area contributed by atoms with E-state index in [1.165, 1.54) is 4.90 Å². The van der Waals surface area contributed by atoms with Crippen LogP contribution < -0.4 is 0 Å². The van der Waals surface area contributed by atoms with Gasteiger partial charge in [0.25, 0.3) is 5.91 Å². The third kappa shape index (κ3) is 5.14. The molecule has 0 atom stereocenters. The predicted octanol–water partition coefficient (Wildman–Crippen LogP) is 4.26. The quantitative estimate of drug-likeness (QED) is 0.253. The normalized spacial score (nSPS) is 17.5. The Balaban J connectivity index is 1.15. The molecule has 4 aromatic rings. The smallest absolute Gasteiger partial charge is 0.346 e. The Morgan fingerprint density at radius 2 is 1.98 bits per heavy atom. The number of rotatable bonds is 7. The highest BCUT2D eigenvalue weighted by Gasteiger charge is 2.48. The van der Waals surface area contributed by atoms with Crippen molar-refractivity contribution in [3.05, 3.63) is 65.8 Å². The van der Waals surface area contributed by atoms with Gasteiger partial charge in [-0.15, -0.1) is 0 Å². The van der Waals surface area contributed by atoms with Crippen LogP contribution in [0.4, 0.5) is 17.6 Å². The fraction of sp³-hybridized carbons (Fsp3) is 0.379. The molecule has 4 aromatic heterocycles. The summed E-state index contributed by atoms with van der Waals surface area (Å²) in [5.41, 5.74) is 0.421. The molecular formula is C29H27F4N9O. The number of amides is 1. The standard InChI is InChI=1S/C29H27F4N9O/c1-35-7-5-28(42-15-19(13-39-42)25-18(11-34)12-38-26-21(25)2-6-36-26)16-41(17-28)20-3-8-40(9-4-20)27(43)22-10-24(29(31,32)33)37-14-23(22)30/h2,6,10,12-15,20H,1,3-5,7-9,16-17H2,(H,36,38). The van der Waals surface area contributed by atoms with Gasteiger partial charge in [0.2, 0.25) is 0 Å². The Morgan fingerprint density at radius 3 is 2.67 bits per heavy atom. The first-order valence-corrected chi connectivity index (χ1v) is 13.7. The molecular weight excluding hydrogens is 566 g/mol. The van der Waals surface area contributed by atoms with Gasteiger partial charge in [0.05, 0.1) is 29.1 Å². The van der Waals surface area contributed by atoms with Crippen LogP contribution in [0, 0.1) is 17.1 Å². The lowest BCUT2D eigenvalue weighted by Crippen LogP contribution is -2.66. The summed E-state index contributed by atoms with van der Waals surface area (Å²) >= 11 is 0. The van der Waals surface area contributed by atoms with Gasteiger partial charge in [-0.2, -0.15) is 23.5 Å². The van der Waals surface area contributed by atoms with Gasteiger partial charge in [-0.1, -0.05) is 0 Å². The lowest BCUT2D eigenvalue weighted by Gasteiger charge is -2.54. The minimum absolute atomic E-state index is 0.141. The molecule has 0 saturated carbocycles. The summed E-state index contributed by atoms with van der Waals surface area (Å²) < 4.78 is 55.4. The molecule has 1 amide bonds. The molecule has 14 heteroatoms. The first kappa shape index (κ1) is 28.5. The van der Waals surface area contributed by atoms with E-state index in [4.69, 9.17) is 5.10 Å². The third-order valence-corrected chi connectivity index (χ3v) is 8.44. The molecule has 0 unspecified atom stereocenters. The van der Waals surface area contributed by atoms with Crippen LogP contribution in [0.2, 0.25) is 0 Å². The molecule has 6 rings (SSSR count). The molecule has 0 bridgehead atoms. The van der Waals surface area contributed by atoms with E-state index < -0.39 is 29.2 Å². The molecule has 222 valence electrons. The highest BCUT2D eigenvalue weighted by atomic mass is 19.4. The molecule has 2 aliphatic rings. The van der Waals surface area contributed by atoms with Gasteiger partial charge in [-0.3, -0.25) is 14.4 Å². The van der Waals surface area contributed by atoms with Crippen LogP contribution in [-0.2, 0) is 11.7 Å². The molecule has 6 heterocycles. The molecule has 2 aliphatic heterocycles. The zero-order valence-corrected chi connectivity index (χ0v) is 23.0. The van der Waals surface area contributed by atoms with Crippen molar-refractivity contribution >= 4 is 23.7 Å². The Hall–Kier alpha value is -4.64. The van der Waals surface area contributed by atoms with E-state index in [-0.39, 0.29) is 11.6 Å². The van der Waals surface area contributed by atoms with E-state index in [9.17, 15) is 27.6 Å². The fourth-order valence-electron chi connectivity index (χ4n) is 6.15. The van der Waals surface area contributed by atoms with Gasteiger partial charge >= 0.3 is 6.18 Å². The lowest BCUT2D eigenvalue weighted by atomic mass is 9.83. The second kappa shape index (κ2) is 10.9. The number of piperidine rings is 1. The van der Waals surface area contributed by atoms with E-state index in [1.807, 2.05) is 16.9 Å². The van der Waals surface area contributed by atoms with E-state index in [1.54, 1.807) is 18.6 Å². The molecule has 0 spiro atoms. The first-order valence-electron chi connectivity index (χ1n) is 13.7. The van der Waals surface area contributed by atoms with Crippen LogP contribution >= 0.6 is 0 Å². The maximum Gasteiger partial charge on any atom is 0.433 e. The topological polar surface area (TPSA) is 119 Å². The van der Waals surface area contributed by atoms with Crippen LogP contribution in [0.3, 0.4) is 0 Å². The van der Waals surface area contributed by atoms with E-state index in [0.29, 0.717) is 75.5 Å². The van der Waals surface area contributed by atoms with Crippen LogP contribution in [0.1, 0.15) is 40.9 Å². The number of nitrogens with one attached hydrogen (secondary N) is 1. The Morgan fingerprint density at radius 1 is 1.21 bits per heavy atom. The van der Waals surface area contributed by atoms with Crippen LogP contribution in [0.5, 0.6) is 0 Å². The van der Waals surface area contributed by atoms with E-state index >= 15 is 0 Å². The van der Waals surface area contributed by atoms with Crippen molar-refractivity contribution in [3.8, 4) is 17.2 Å². The number of aromatic amines is 1. The molecule has 43 heavy (non-hydrogen) atoms. The van der Waals surface area contributed by atoms with Crippen LogP contribution in [0.15, 0.2) is 48.1 Å². The number of hydrogen-bond acceptors (Lipinski definition) is 7. The highest BCUT2D eigenvalue weighted by Crippen LogP contribution is 2.38. The number of carbonyl (C=O) groups is 1. The largest absolute Gasteiger partial charge is 0.433 e. The van der Waals surface area contributed by atoms with Gasteiger partial charge in [0.15, 0.2) is 5.82 Å². The molecule has 2 fully saturated rings. The Bertz CT molecular complexity index is 1720. The molecule has 0 radical (unpaired) electrons. The number of nitriles is 1. The molecule has 2 saturated heterocycles. The molecule has 0 aliphatic carbocycles. The number of carbonyl (C=O) groups excluding carboxylic acids is 1. The second-order valence-corrected chi connectivity index (χ2v) is 11.0. The van der Waals surface area contributed by atoms with Gasteiger partial charge in [0, 0.05) is 73.9 Å². The van der Waals surface area contributed by atoms with Crippen molar-refractivity contribution in [2.45, 2.75) is 37.0 Å². The zero-order valence-electron chi connectivity index (χ0n) is 23.0. The average molecular weight is 594 g/mol. The summed E-state index contributed by atoms with van der Waals surface area (Å²) in [5, 5.41) is 15.3. The summed E-state index contributed by atoms with van der Waals surface area (Å²) in [7, 11) is 0. The van der Waals surface area contributed by atoms with Gasteiger partial charge in [-0.05, 0) is 38.1 Å². The fourth-order valence-corrected chi connectivity index (χ4v) is 6.15. The SMILES string of the molecule is C=NCCC1(n2cc(-c3c(C#N)cnc4[nH]ccc34)cn2)CN(C2CCN(C(=O)c3cc(C(F)(F)F)ncc3F)CC2)C1. The number of nitrogens with zero attached hydrogens (tertiary/aromatic N) is 8. The number of hydrogen-bond donors (Lipinski definition) is 1. The Kier molecular flexibility index (Phi) is 7.21. The summed E-state index contributed by atoms with van der Waals surface area (Å²) in [4.78, 5) is 31.1. The average Bonchev–Trinajstić information content (AvgIpc) is 3.66. The van der Waals surface area contributed by atoms with Crippen LogP contribution in [0.25, 0.3) is 22.2 Å². The molecule has 1 N–H and O–H groups in total. The maximum atomic E-state index is 14.3. The van der Waals surface area contributed by atoms with Crippen molar-refractivity contribution in [3.63, 3.8) is 0 Å². The highest BCUT2D eigenvalue weighted by molar-refractivity contribution is 5.96. The maximum absolute atomic E-state index is 14.3. The number of alkyl halides is 3. The summed E-state index contributed by atoms with van der Waals surface area (Å²) in [6.45, 7) is 6.11. The van der Waals surface area contributed by atoms with Crippen LogP contribution in [-0.4, -0.2) is 85.9 Å². The van der Waals surface area contributed by atoms with Crippen molar-refractivity contribution in [2.24, 2.45) is 4.99 Å². The van der Waals surface area contributed by atoms with Gasteiger partial charge in [-0.25, -0.2) is 14.4 Å². The summed E-state index contributed by atoms with van der Waals surface area (Å²) in [5.74, 6) is -1.85. The number of aromatic nitrogens is 5. The van der Waals surface area contributed by atoms with Crippen molar-refractivity contribution in [2.75, 3.05) is 32.7 Å². The summed E-state index contributed by atoms with van der Waals surface area (Å²) in [6.07, 6.45) is 4.58. The van der Waals surface area contributed by atoms with E-state index in [0.717, 1.165) is 16.5 Å². The number of H-pyrrole nitrogens is 1. The number of likely N-dealkylation sites (tertiary alicyclic amines) is 2. The minimum atomic E-state index is -4.78. The van der Waals surface area contributed by atoms with Gasteiger partial charge < -0.3 is 14.9 Å².